The van der Waals surface area contributed by atoms with E-state index in [9.17, 15) is 4.79 Å². The van der Waals surface area contributed by atoms with Gasteiger partial charge in [0.25, 0.3) is 5.91 Å². The van der Waals surface area contributed by atoms with Crippen LogP contribution < -0.4 is 15.8 Å². The van der Waals surface area contributed by atoms with E-state index >= 15 is 0 Å². The predicted molar refractivity (Wildman–Crippen MR) is 133 cm³/mol. The molecule has 0 unspecified atom stereocenters. The van der Waals surface area contributed by atoms with E-state index in [0.29, 0.717) is 55.3 Å². The van der Waals surface area contributed by atoms with Crippen molar-refractivity contribution in [3.63, 3.8) is 0 Å². The number of nitrogens with two attached hydrogens (primary N) is 1. The summed E-state index contributed by atoms with van der Waals surface area (Å²) in [5.41, 5.74) is 7.11. The maximum atomic E-state index is 12.3. The first-order chi connectivity index (χ1) is 16.0. The predicted octanol–water partition coefficient (Wildman–Crippen LogP) is 4.10. The summed E-state index contributed by atoms with van der Waals surface area (Å²) in [6.07, 6.45) is 0.861. The van der Waals surface area contributed by atoms with Gasteiger partial charge in [-0.1, -0.05) is 23.2 Å². The summed E-state index contributed by atoms with van der Waals surface area (Å²) in [5.74, 6) is 0.444. The van der Waals surface area contributed by atoms with E-state index in [4.69, 9.17) is 38.4 Å². The molecule has 1 amide bonds. The van der Waals surface area contributed by atoms with Gasteiger partial charge >= 0.3 is 0 Å². The van der Waals surface area contributed by atoms with E-state index in [0.717, 1.165) is 39.3 Å². The van der Waals surface area contributed by atoms with Crippen molar-refractivity contribution in [2.45, 2.75) is 13.3 Å². The van der Waals surface area contributed by atoms with Crippen LogP contribution in [-0.2, 0) is 4.74 Å². The lowest BCUT2D eigenvalue weighted by Crippen LogP contribution is -2.37. The number of rotatable bonds is 8. The molecule has 0 aliphatic carbocycles. The molecule has 11 heteroatoms. The second-order valence-electron chi connectivity index (χ2n) is 7.54. The molecule has 3 aromatic rings. The van der Waals surface area contributed by atoms with Gasteiger partial charge in [0.2, 0.25) is 5.95 Å². The van der Waals surface area contributed by atoms with E-state index < -0.39 is 0 Å². The molecule has 1 saturated heterocycles. The average Bonchev–Trinajstić information content (AvgIpc) is 3.22. The lowest BCUT2D eigenvalue weighted by atomic mass is 10.1. The van der Waals surface area contributed by atoms with Crippen molar-refractivity contribution in [2.75, 3.05) is 51.7 Å². The van der Waals surface area contributed by atoms with Crippen LogP contribution in [0, 0.1) is 0 Å². The highest BCUT2D eigenvalue weighted by molar-refractivity contribution is 7.20. The van der Waals surface area contributed by atoms with Gasteiger partial charge in [0.05, 0.1) is 40.4 Å². The number of nitrogen functional groups attached to an aromatic ring is 1. The van der Waals surface area contributed by atoms with Crippen LogP contribution in [0.5, 0.6) is 5.75 Å². The summed E-state index contributed by atoms with van der Waals surface area (Å²) in [7, 11) is 0. The molecule has 3 N–H and O–H groups in total. The first-order valence-corrected chi connectivity index (χ1v) is 12.3. The number of nitrogens with one attached hydrogen (secondary N) is 1. The zero-order valence-corrected chi connectivity index (χ0v) is 20.5. The zero-order valence-electron chi connectivity index (χ0n) is 18.2. The number of amides is 1. The van der Waals surface area contributed by atoms with Crippen LogP contribution in [0.4, 0.5) is 5.95 Å². The Bertz CT molecular complexity index is 1150. The first-order valence-electron chi connectivity index (χ1n) is 10.7. The van der Waals surface area contributed by atoms with Crippen LogP contribution in [0.15, 0.2) is 18.2 Å². The number of benzene rings is 1. The lowest BCUT2D eigenvalue weighted by Gasteiger charge is -2.26. The molecule has 0 radical (unpaired) electrons. The number of halogens is 2. The number of thiophene rings is 1. The maximum absolute atomic E-state index is 12.3. The second-order valence-corrected chi connectivity index (χ2v) is 9.38. The van der Waals surface area contributed by atoms with Crippen LogP contribution in [-0.4, -0.2) is 66.8 Å². The first kappa shape index (κ1) is 24.0. The van der Waals surface area contributed by atoms with Gasteiger partial charge in [0.1, 0.15) is 10.6 Å². The maximum Gasteiger partial charge on any atom is 0.261 e. The van der Waals surface area contributed by atoms with Crippen molar-refractivity contribution < 1.29 is 14.3 Å². The molecule has 1 aliphatic heterocycles. The number of hydrogen-bond donors (Lipinski definition) is 2. The minimum atomic E-state index is -0.170. The normalized spacial score (nSPS) is 14.5. The summed E-state index contributed by atoms with van der Waals surface area (Å²) < 4.78 is 11.4. The molecule has 3 heterocycles. The fraction of sp³-hybridized carbons (Fsp3) is 0.409. The van der Waals surface area contributed by atoms with Crippen molar-refractivity contribution in [1.82, 2.24) is 20.2 Å². The summed E-state index contributed by atoms with van der Waals surface area (Å²) in [5, 5.41) is 4.31. The summed E-state index contributed by atoms with van der Waals surface area (Å²) in [6, 6.07) is 5.16. The number of morpholine rings is 1. The molecule has 0 saturated carbocycles. The number of ether oxygens (including phenoxy) is 2. The molecule has 0 bridgehead atoms. The van der Waals surface area contributed by atoms with E-state index in [1.165, 1.54) is 11.3 Å². The van der Waals surface area contributed by atoms with E-state index in [-0.39, 0.29) is 11.9 Å². The standard InChI is InChI=1S/C22H25Cl2N5O3S/c1-2-26-20(30)18-11-14-19(27-22(25)28-21(14)33-18)13-10-17(16(24)12-15(13)23)32-7-3-4-29-5-8-31-9-6-29/h10-12H,2-9H2,1H3,(H,26,30)(H2,25,27,28). The number of nitrogens with zero attached hydrogens (tertiary/aromatic N) is 3. The van der Waals surface area contributed by atoms with Gasteiger partial charge in [-0.15, -0.1) is 11.3 Å². The molecule has 1 aliphatic rings. The van der Waals surface area contributed by atoms with Crippen LogP contribution in [0.3, 0.4) is 0 Å². The Morgan fingerprint density at radius 1 is 1.24 bits per heavy atom. The fourth-order valence-corrected chi connectivity index (χ4v) is 5.10. The SMILES string of the molecule is CCNC(=O)c1cc2c(-c3cc(OCCCN4CCOCC4)c(Cl)cc3Cl)nc(N)nc2s1. The van der Waals surface area contributed by atoms with Crippen molar-refractivity contribution in [3.05, 3.63) is 33.1 Å². The third kappa shape index (κ3) is 5.67. The molecular formula is C22H25Cl2N5O3S. The summed E-state index contributed by atoms with van der Waals surface area (Å²) in [6.45, 7) is 7.27. The Kier molecular flexibility index (Phi) is 7.87. The number of fused-ring (bicyclic) bond motifs is 1. The minimum absolute atomic E-state index is 0.0980. The quantitative estimate of drug-likeness (QED) is 0.440. The zero-order chi connectivity index (χ0) is 23.4. The number of aromatic nitrogens is 2. The topological polar surface area (TPSA) is 103 Å². The second kappa shape index (κ2) is 10.8. The van der Waals surface area contributed by atoms with Crippen LogP contribution >= 0.6 is 34.5 Å². The highest BCUT2D eigenvalue weighted by Gasteiger charge is 2.19. The molecule has 2 aromatic heterocycles. The number of carbonyl (C=O) groups excluding carboxylic acids is 1. The average molecular weight is 510 g/mol. The van der Waals surface area contributed by atoms with Gasteiger partial charge in [-0.05, 0) is 31.5 Å². The number of carbonyl (C=O) groups is 1. The fourth-order valence-electron chi connectivity index (χ4n) is 3.62. The van der Waals surface area contributed by atoms with Gasteiger partial charge in [0.15, 0.2) is 0 Å². The van der Waals surface area contributed by atoms with Crippen LogP contribution in [0.2, 0.25) is 10.0 Å². The van der Waals surface area contributed by atoms with Gasteiger partial charge < -0.3 is 20.5 Å². The van der Waals surface area contributed by atoms with Gasteiger partial charge in [-0.25, -0.2) is 9.97 Å². The van der Waals surface area contributed by atoms with E-state index in [1.54, 1.807) is 18.2 Å². The summed E-state index contributed by atoms with van der Waals surface area (Å²) in [4.78, 5) is 24.5. The van der Waals surface area contributed by atoms with Gasteiger partial charge in [-0.2, -0.15) is 0 Å². The largest absolute Gasteiger partial charge is 0.492 e. The monoisotopic (exact) mass is 509 g/mol. The molecule has 1 fully saturated rings. The van der Waals surface area contributed by atoms with E-state index in [1.807, 2.05) is 6.92 Å². The van der Waals surface area contributed by atoms with Crippen LogP contribution in [0.1, 0.15) is 23.0 Å². The van der Waals surface area contributed by atoms with Gasteiger partial charge in [0, 0.05) is 37.1 Å². The Morgan fingerprint density at radius 3 is 2.79 bits per heavy atom. The van der Waals surface area contributed by atoms with Crippen molar-refractivity contribution in [2.24, 2.45) is 0 Å². The molecule has 8 nitrogen and oxygen atoms in total. The van der Waals surface area contributed by atoms with Crippen molar-refractivity contribution >= 4 is 56.6 Å². The van der Waals surface area contributed by atoms with Crippen LogP contribution in [0.25, 0.3) is 21.5 Å². The third-order valence-electron chi connectivity index (χ3n) is 5.23. The number of hydrogen-bond acceptors (Lipinski definition) is 8. The van der Waals surface area contributed by atoms with Crippen molar-refractivity contribution in [3.8, 4) is 17.0 Å². The Balaban J connectivity index is 1.58. The van der Waals surface area contributed by atoms with Crippen molar-refractivity contribution in [1.29, 1.82) is 0 Å². The number of anilines is 1. The van der Waals surface area contributed by atoms with Gasteiger partial charge in [-0.3, -0.25) is 9.69 Å². The molecule has 176 valence electrons. The third-order valence-corrected chi connectivity index (χ3v) is 6.86. The Morgan fingerprint density at radius 2 is 2.03 bits per heavy atom. The molecular weight excluding hydrogens is 485 g/mol. The molecule has 0 spiro atoms. The lowest BCUT2D eigenvalue weighted by molar-refractivity contribution is 0.0358. The minimum Gasteiger partial charge on any atom is -0.492 e. The smallest absolute Gasteiger partial charge is 0.261 e. The highest BCUT2D eigenvalue weighted by Crippen LogP contribution is 2.40. The molecule has 4 rings (SSSR count). The summed E-state index contributed by atoms with van der Waals surface area (Å²) >= 11 is 14.2. The Labute approximate surface area is 206 Å². The molecule has 33 heavy (non-hydrogen) atoms. The van der Waals surface area contributed by atoms with E-state index in [2.05, 4.69) is 20.2 Å². The molecule has 0 atom stereocenters. The molecule has 1 aromatic carbocycles. The Hall–Kier alpha value is -2.17. The highest BCUT2D eigenvalue weighted by atomic mass is 35.5.